The van der Waals surface area contributed by atoms with Crippen LogP contribution in [0.1, 0.15) is 21.9 Å². The van der Waals surface area contributed by atoms with E-state index in [1.807, 2.05) is 0 Å². The van der Waals surface area contributed by atoms with Gasteiger partial charge in [-0.15, -0.1) is 0 Å². The van der Waals surface area contributed by atoms with Gasteiger partial charge in [0.15, 0.2) is 0 Å². The molecule has 0 radical (unpaired) electrons. The average Bonchev–Trinajstić information content (AvgIpc) is 3.07. The van der Waals surface area contributed by atoms with Crippen molar-refractivity contribution in [1.82, 2.24) is 40.1 Å². The summed E-state index contributed by atoms with van der Waals surface area (Å²) >= 11 is 0. The highest BCUT2D eigenvalue weighted by molar-refractivity contribution is 5.95. The van der Waals surface area contributed by atoms with Gasteiger partial charge >= 0.3 is 0 Å². The predicted molar refractivity (Wildman–Crippen MR) is 63.1 cm³/mol. The molecule has 3 rings (SSSR count). The summed E-state index contributed by atoms with van der Waals surface area (Å²) in [6.45, 7) is 2.06. The van der Waals surface area contributed by atoms with Crippen molar-refractivity contribution in [2.24, 2.45) is 0 Å². The molecule has 0 atom stereocenters. The summed E-state index contributed by atoms with van der Waals surface area (Å²) in [5.41, 5.74) is 1.12. The Morgan fingerprint density at radius 2 is 2.26 bits per heavy atom. The molecule has 19 heavy (non-hydrogen) atoms. The van der Waals surface area contributed by atoms with E-state index in [9.17, 15) is 4.79 Å². The van der Waals surface area contributed by atoms with Gasteiger partial charge in [-0.1, -0.05) is 0 Å². The highest BCUT2D eigenvalue weighted by Gasteiger charge is 2.13. The maximum absolute atomic E-state index is 12.1. The fourth-order valence-electron chi connectivity index (χ4n) is 1.69. The first-order chi connectivity index (χ1) is 9.25. The van der Waals surface area contributed by atoms with E-state index in [2.05, 4.69) is 35.6 Å². The number of carbonyl (C=O) groups excluding carboxylic acids is 1. The van der Waals surface area contributed by atoms with E-state index in [-0.39, 0.29) is 12.5 Å². The summed E-state index contributed by atoms with van der Waals surface area (Å²) in [7, 11) is 0. The Labute approximate surface area is 107 Å². The van der Waals surface area contributed by atoms with Crippen molar-refractivity contribution >= 4 is 11.7 Å². The number of aromatic amines is 1. The fourth-order valence-corrected chi connectivity index (χ4v) is 1.69. The largest absolute Gasteiger partial charge is 0.345 e. The van der Waals surface area contributed by atoms with Gasteiger partial charge in [0.2, 0.25) is 0 Å². The van der Waals surface area contributed by atoms with Crippen molar-refractivity contribution in [3.63, 3.8) is 0 Å². The minimum Gasteiger partial charge on any atom is -0.345 e. The predicted octanol–water partition coefficient (Wildman–Crippen LogP) is -0.519. The van der Waals surface area contributed by atoms with Gasteiger partial charge < -0.3 is 5.32 Å². The van der Waals surface area contributed by atoms with Gasteiger partial charge in [-0.3, -0.25) is 9.89 Å². The van der Waals surface area contributed by atoms with Crippen LogP contribution in [-0.4, -0.2) is 40.7 Å². The second-order valence-electron chi connectivity index (χ2n) is 3.84. The van der Waals surface area contributed by atoms with Crippen LogP contribution in [0.4, 0.5) is 0 Å². The Morgan fingerprint density at radius 3 is 3.05 bits per heavy atom. The molecule has 1 amide bonds. The molecule has 0 aliphatic rings. The second-order valence-corrected chi connectivity index (χ2v) is 3.84. The summed E-state index contributed by atoms with van der Waals surface area (Å²) in [4.78, 5) is 24.0. The van der Waals surface area contributed by atoms with E-state index < -0.39 is 0 Å². The normalized spacial score (nSPS) is 10.8. The quantitative estimate of drug-likeness (QED) is 0.653. The van der Waals surface area contributed by atoms with Gasteiger partial charge in [-0.05, 0) is 6.92 Å². The standard InChI is InChI=1S/C10H10N8O/c1-6-7(2-12-10-14-5-16-18(6)10)9(19)11-3-8-13-4-15-17-8/h2,4-5H,3H2,1H3,(H,11,19)(H,13,15,17). The topological polar surface area (TPSA) is 114 Å². The molecule has 3 aromatic heterocycles. The molecule has 0 aliphatic heterocycles. The second kappa shape index (κ2) is 4.44. The summed E-state index contributed by atoms with van der Waals surface area (Å²) in [5, 5.41) is 13.1. The number of carbonyl (C=O) groups is 1. The zero-order chi connectivity index (χ0) is 13.2. The number of aryl methyl sites for hydroxylation is 1. The summed E-state index contributed by atoms with van der Waals surface area (Å²) in [6.07, 6.45) is 4.26. The van der Waals surface area contributed by atoms with Gasteiger partial charge in [0.25, 0.3) is 11.7 Å². The van der Waals surface area contributed by atoms with Crippen molar-refractivity contribution < 1.29 is 4.79 Å². The molecule has 0 bridgehead atoms. The van der Waals surface area contributed by atoms with Crippen LogP contribution in [0.15, 0.2) is 18.9 Å². The van der Waals surface area contributed by atoms with Crippen LogP contribution in [-0.2, 0) is 6.54 Å². The zero-order valence-electron chi connectivity index (χ0n) is 10.0. The number of amides is 1. The highest BCUT2D eigenvalue weighted by Crippen LogP contribution is 2.07. The fraction of sp³-hybridized carbons (Fsp3) is 0.200. The van der Waals surface area contributed by atoms with Crippen LogP contribution < -0.4 is 5.32 Å². The van der Waals surface area contributed by atoms with Gasteiger partial charge in [-0.2, -0.15) is 15.2 Å². The number of hydrogen-bond donors (Lipinski definition) is 2. The number of aromatic nitrogens is 7. The molecular formula is C10H10N8O. The Kier molecular flexibility index (Phi) is 2.63. The molecule has 0 spiro atoms. The summed E-state index contributed by atoms with van der Waals surface area (Å²) in [5.74, 6) is 0.795. The molecule has 0 saturated heterocycles. The maximum atomic E-state index is 12.1. The van der Waals surface area contributed by atoms with Crippen LogP contribution in [0.3, 0.4) is 0 Å². The number of H-pyrrole nitrogens is 1. The van der Waals surface area contributed by atoms with E-state index in [1.165, 1.54) is 23.4 Å². The SMILES string of the molecule is Cc1c(C(=O)NCc2ncn[nH]2)cnc2ncnn12. The maximum Gasteiger partial charge on any atom is 0.255 e. The van der Waals surface area contributed by atoms with E-state index in [1.54, 1.807) is 6.92 Å². The van der Waals surface area contributed by atoms with Crippen LogP contribution in [0.2, 0.25) is 0 Å². The Hall–Kier alpha value is -2.84. The van der Waals surface area contributed by atoms with Crippen LogP contribution in [0.25, 0.3) is 5.78 Å². The first-order valence-corrected chi connectivity index (χ1v) is 5.53. The van der Waals surface area contributed by atoms with Gasteiger partial charge in [0.1, 0.15) is 18.5 Å². The lowest BCUT2D eigenvalue weighted by atomic mass is 10.2. The number of nitrogens with one attached hydrogen (secondary N) is 2. The third-order valence-electron chi connectivity index (χ3n) is 2.67. The zero-order valence-corrected chi connectivity index (χ0v) is 10.0. The molecular weight excluding hydrogens is 248 g/mol. The lowest BCUT2D eigenvalue weighted by Gasteiger charge is -2.06. The lowest BCUT2D eigenvalue weighted by Crippen LogP contribution is -2.25. The number of rotatable bonds is 3. The van der Waals surface area contributed by atoms with E-state index in [0.717, 1.165) is 0 Å². The Bertz CT molecular complexity index is 716. The van der Waals surface area contributed by atoms with Crippen molar-refractivity contribution in [2.45, 2.75) is 13.5 Å². The minimum absolute atomic E-state index is 0.251. The van der Waals surface area contributed by atoms with Crippen molar-refractivity contribution in [3.05, 3.63) is 35.9 Å². The van der Waals surface area contributed by atoms with Crippen molar-refractivity contribution in [2.75, 3.05) is 0 Å². The lowest BCUT2D eigenvalue weighted by molar-refractivity contribution is 0.0948. The number of fused-ring (bicyclic) bond motifs is 1. The third kappa shape index (κ3) is 2.01. The van der Waals surface area contributed by atoms with Gasteiger partial charge in [0.05, 0.1) is 17.8 Å². The summed E-state index contributed by atoms with van der Waals surface area (Å²) < 4.78 is 1.52. The first-order valence-electron chi connectivity index (χ1n) is 5.53. The molecule has 0 unspecified atom stereocenters. The number of nitrogens with zero attached hydrogens (tertiary/aromatic N) is 6. The molecule has 96 valence electrons. The Morgan fingerprint density at radius 1 is 1.37 bits per heavy atom. The first kappa shape index (κ1) is 11.3. The molecule has 3 aromatic rings. The van der Waals surface area contributed by atoms with Crippen molar-refractivity contribution in [3.8, 4) is 0 Å². The molecule has 3 heterocycles. The van der Waals surface area contributed by atoms with Crippen molar-refractivity contribution in [1.29, 1.82) is 0 Å². The van der Waals surface area contributed by atoms with E-state index >= 15 is 0 Å². The smallest absolute Gasteiger partial charge is 0.255 e. The third-order valence-corrected chi connectivity index (χ3v) is 2.67. The van der Waals surface area contributed by atoms with Crippen LogP contribution in [0.5, 0.6) is 0 Å². The van der Waals surface area contributed by atoms with E-state index in [4.69, 9.17) is 0 Å². The molecule has 2 N–H and O–H groups in total. The molecule has 0 aliphatic carbocycles. The van der Waals surface area contributed by atoms with Crippen LogP contribution in [0, 0.1) is 6.92 Å². The van der Waals surface area contributed by atoms with E-state index in [0.29, 0.717) is 22.9 Å². The molecule has 0 saturated carbocycles. The van der Waals surface area contributed by atoms with Gasteiger partial charge in [0, 0.05) is 6.20 Å². The summed E-state index contributed by atoms with van der Waals surface area (Å²) in [6, 6.07) is 0. The molecule has 0 aromatic carbocycles. The number of hydrogen-bond acceptors (Lipinski definition) is 6. The van der Waals surface area contributed by atoms with Gasteiger partial charge in [-0.25, -0.2) is 14.5 Å². The monoisotopic (exact) mass is 258 g/mol. The molecule has 0 fully saturated rings. The minimum atomic E-state index is -0.251. The Balaban J connectivity index is 1.83. The molecule has 9 heteroatoms. The molecule has 9 nitrogen and oxygen atoms in total. The average molecular weight is 258 g/mol. The van der Waals surface area contributed by atoms with Crippen LogP contribution >= 0.6 is 0 Å². The highest BCUT2D eigenvalue weighted by atomic mass is 16.1.